The number of benzene rings is 2. The van der Waals surface area contributed by atoms with Crippen LogP contribution in [-0.4, -0.2) is 22.6 Å². The van der Waals surface area contributed by atoms with Crippen LogP contribution in [0.2, 0.25) is 10.0 Å². The number of hydrogen-bond acceptors (Lipinski definition) is 4. The van der Waals surface area contributed by atoms with E-state index in [0.29, 0.717) is 33.9 Å². The molecule has 0 bridgehead atoms. The number of imide groups is 1. The van der Waals surface area contributed by atoms with Crippen molar-refractivity contribution in [1.82, 2.24) is 4.90 Å². The molecule has 134 valence electrons. The molecule has 1 aliphatic rings. The number of likely N-dealkylation sites (N-methyl/N-ethyl adjacent to an activating group) is 1. The summed E-state index contributed by atoms with van der Waals surface area (Å²) < 4.78 is 5.88. The second-order valence-electron chi connectivity index (χ2n) is 5.50. The standard InChI is InChI=1S/C19H15Cl2NO3S/c1-2-22-18(23)17(26-19(22)24)10-13-5-3-4-6-16(13)25-11-12-7-8-14(20)15(21)9-12/h3-10H,2,11H2,1H3/b17-10+. The summed E-state index contributed by atoms with van der Waals surface area (Å²) >= 11 is 12.9. The summed E-state index contributed by atoms with van der Waals surface area (Å²) in [4.78, 5) is 25.7. The Balaban J connectivity index is 1.80. The first-order chi connectivity index (χ1) is 12.5. The Morgan fingerprint density at radius 2 is 1.88 bits per heavy atom. The molecule has 4 nitrogen and oxygen atoms in total. The highest BCUT2D eigenvalue weighted by Gasteiger charge is 2.33. The van der Waals surface area contributed by atoms with Crippen molar-refractivity contribution in [1.29, 1.82) is 0 Å². The van der Waals surface area contributed by atoms with Gasteiger partial charge in [-0.05, 0) is 48.5 Å². The van der Waals surface area contributed by atoms with Crippen molar-refractivity contribution in [3.05, 3.63) is 68.5 Å². The molecule has 7 heteroatoms. The molecule has 1 heterocycles. The van der Waals surface area contributed by atoms with Crippen molar-refractivity contribution >= 4 is 52.2 Å². The molecule has 1 aliphatic heterocycles. The number of hydrogen-bond donors (Lipinski definition) is 0. The van der Waals surface area contributed by atoms with Gasteiger partial charge in [0.2, 0.25) is 0 Å². The predicted molar refractivity (Wildman–Crippen MR) is 106 cm³/mol. The first-order valence-electron chi connectivity index (χ1n) is 7.90. The third-order valence-electron chi connectivity index (χ3n) is 3.77. The lowest BCUT2D eigenvalue weighted by Gasteiger charge is -2.10. The Morgan fingerprint density at radius 1 is 1.12 bits per heavy atom. The van der Waals surface area contributed by atoms with Crippen LogP contribution in [0.4, 0.5) is 4.79 Å². The van der Waals surface area contributed by atoms with Crippen LogP contribution in [0, 0.1) is 0 Å². The Kier molecular flexibility index (Phi) is 5.91. The average Bonchev–Trinajstić information content (AvgIpc) is 2.90. The largest absolute Gasteiger partial charge is 0.488 e. The first kappa shape index (κ1) is 18.8. The van der Waals surface area contributed by atoms with Crippen LogP contribution in [0.15, 0.2) is 47.4 Å². The summed E-state index contributed by atoms with van der Waals surface area (Å²) in [7, 11) is 0. The van der Waals surface area contributed by atoms with Gasteiger partial charge in [0, 0.05) is 12.1 Å². The van der Waals surface area contributed by atoms with E-state index in [1.54, 1.807) is 25.1 Å². The molecule has 2 aromatic rings. The maximum Gasteiger partial charge on any atom is 0.293 e. The van der Waals surface area contributed by atoms with Crippen LogP contribution in [0.5, 0.6) is 5.75 Å². The van der Waals surface area contributed by atoms with E-state index in [1.807, 2.05) is 30.3 Å². The first-order valence-corrected chi connectivity index (χ1v) is 9.48. The molecule has 0 aromatic heterocycles. The van der Waals surface area contributed by atoms with Crippen LogP contribution in [0.3, 0.4) is 0 Å². The lowest BCUT2D eigenvalue weighted by atomic mass is 10.1. The van der Waals surface area contributed by atoms with Gasteiger partial charge >= 0.3 is 0 Å². The number of para-hydroxylation sites is 1. The molecule has 1 saturated heterocycles. The number of carbonyl (C=O) groups is 2. The third-order valence-corrected chi connectivity index (χ3v) is 5.42. The molecule has 3 rings (SSSR count). The van der Waals surface area contributed by atoms with Gasteiger partial charge in [-0.25, -0.2) is 0 Å². The Hall–Kier alpha value is -1.95. The van der Waals surface area contributed by atoms with Crippen molar-refractivity contribution in [2.75, 3.05) is 6.54 Å². The topological polar surface area (TPSA) is 46.6 Å². The zero-order chi connectivity index (χ0) is 18.7. The number of nitrogens with zero attached hydrogens (tertiary/aromatic N) is 1. The van der Waals surface area contributed by atoms with Gasteiger partial charge in [-0.1, -0.05) is 47.5 Å². The van der Waals surface area contributed by atoms with Crippen molar-refractivity contribution < 1.29 is 14.3 Å². The number of thioether (sulfide) groups is 1. The minimum absolute atomic E-state index is 0.252. The molecule has 2 aromatic carbocycles. The highest BCUT2D eigenvalue weighted by atomic mass is 35.5. The molecule has 0 unspecified atom stereocenters. The van der Waals surface area contributed by atoms with E-state index >= 15 is 0 Å². The molecule has 0 aliphatic carbocycles. The van der Waals surface area contributed by atoms with Gasteiger partial charge in [0.1, 0.15) is 12.4 Å². The van der Waals surface area contributed by atoms with Gasteiger partial charge in [-0.3, -0.25) is 14.5 Å². The molecule has 0 atom stereocenters. The second-order valence-corrected chi connectivity index (χ2v) is 7.31. The number of rotatable bonds is 5. The van der Waals surface area contributed by atoms with Gasteiger partial charge in [-0.15, -0.1) is 0 Å². The van der Waals surface area contributed by atoms with Crippen molar-refractivity contribution in [2.45, 2.75) is 13.5 Å². The Bertz CT molecular complexity index is 898. The maximum atomic E-state index is 12.3. The molecule has 0 saturated carbocycles. The van der Waals surface area contributed by atoms with E-state index in [1.165, 1.54) is 4.90 Å². The molecule has 2 amide bonds. The van der Waals surface area contributed by atoms with Gasteiger partial charge in [0.25, 0.3) is 11.1 Å². The maximum absolute atomic E-state index is 12.3. The predicted octanol–water partition coefficient (Wildman–Crippen LogP) is 5.63. The fourth-order valence-electron chi connectivity index (χ4n) is 2.44. The normalized spacial score (nSPS) is 15.8. The van der Waals surface area contributed by atoms with E-state index in [4.69, 9.17) is 27.9 Å². The van der Waals surface area contributed by atoms with E-state index in [9.17, 15) is 9.59 Å². The molecule has 1 fully saturated rings. The monoisotopic (exact) mass is 407 g/mol. The number of halogens is 2. The summed E-state index contributed by atoms with van der Waals surface area (Å²) in [6.07, 6.45) is 1.69. The van der Waals surface area contributed by atoms with Gasteiger partial charge < -0.3 is 4.74 Å². The smallest absolute Gasteiger partial charge is 0.293 e. The number of amides is 2. The Labute approximate surface area is 165 Å². The molecule has 0 radical (unpaired) electrons. The van der Waals surface area contributed by atoms with Crippen molar-refractivity contribution in [3.8, 4) is 5.75 Å². The summed E-state index contributed by atoms with van der Waals surface area (Å²) in [6, 6.07) is 12.6. The van der Waals surface area contributed by atoms with E-state index in [-0.39, 0.29) is 11.1 Å². The molecular weight excluding hydrogens is 393 g/mol. The molecule has 26 heavy (non-hydrogen) atoms. The van der Waals surface area contributed by atoms with E-state index < -0.39 is 0 Å². The highest BCUT2D eigenvalue weighted by molar-refractivity contribution is 8.18. The van der Waals surface area contributed by atoms with Crippen LogP contribution in [0.25, 0.3) is 6.08 Å². The zero-order valence-corrected chi connectivity index (χ0v) is 16.2. The summed E-state index contributed by atoms with van der Waals surface area (Å²) in [5.41, 5.74) is 1.61. The SMILES string of the molecule is CCN1C(=O)S/C(=C/c2ccccc2OCc2ccc(Cl)c(Cl)c2)C1=O. The van der Waals surface area contributed by atoms with E-state index in [2.05, 4.69) is 0 Å². The van der Waals surface area contributed by atoms with Gasteiger partial charge in [0.05, 0.1) is 15.0 Å². The minimum atomic E-state index is -0.276. The Morgan fingerprint density at radius 3 is 2.58 bits per heavy atom. The lowest BCUT2D eigenvalue weighted by molar-refractivity contribution is -0.122. The number of ether oxygens (including phenoxy) is 1. The van der Waals surface area contributed by atoms with Crippen LogP contribution < -0.4 is 4.74 Å². The van der Waals surface area contributed by atoms with Gasteiger partial charge in [-0.2, -0.15) is 0 Å². The van der Waals surface area contributed by atoms with Crippen LogP contribution in [0.1, 0.15) is 18.1 Å². The third kappa shape index (κ3) is 4.06. The fraction of sp³-hybridized carbons (Fsp3) is 0.158. The quantitative estimate of drug-likeness (QED) is 0.602. The zero-order valence-electron chi connectivity index (χ0n) is 13.9. The lowest BCUT2D eigenvalue weighted by Crippen LogP contribution is -2.27. The molecule has 0 spiro atoms. The fourth-order valence-corrected chi connectivity index (χ4v) is 3.65. The second kappa shape index (κ2) is 8.16. The van der Waals surface area contributed by atoms with E-state index in [0.717, 1.165) is 22.9 Å². The minimum Gasteiger partial charge on any atom is -0.488 e. The summed E-state index contributed by atoms with van der Waals surface area (Å²) in [6.45, 7) is 2.43. The summed E-state index contributed by atoms with van der Waals surface area (Å²) in [5, 5.41) is 0.703. The molecule has 0 N–H and O–H groups in total. The molecular formula is C19H15Cl2NO3S. The van der Waals surface area contributed by atoms with Crippen LogP contribution >= 0.6 is 35.0 Å². The highest BCUT2D eigenvalue weighted by Crippen LogP contribution is 2.34. The van der Waals surface area contributed by atoms with Crippen molar-refractivity contribution in [2.24, 2.45) is 0 Å². The van der Waals surface area contributed by atoms with Crippen molar-refractivity contribution in [3.63, 3.8) is 0 Å². The summed E-state index contributed by atoms with van der Waals surface area (Å²) in [5.74, 6) is 0.337. The average molecular weight is 408 g/mol. The van der Waals surface area contributed by atoms with Crippen LogP contribution in [-0.2, 0) is 11.4 Å². The van der Waals surface area contributed by atoms with Gasteiger partial charge in [0.15, 0.2) is 0 Å². The number of carbonyl (C=O) groups excluding carboxylic acids is 2.